The molecule has 92 valence electrons. The second kappa shape index (κ2) is 3.91. The lowest BCUT2D eigenvalue weighted by Gasteiger charge is -2.20. The monoisotopic (exact) mass is 308 g/mol. The van der Waals surface area contributed by atoms with Crippen molar-refractivity contribution in [2.24, 2.45) is 0 Å². The number of benzene rings is 1. The summed E-state index contributed by atoms with van der Waals surface area (Å²) in [5.41, 5.74) is 1.46. The number of nitrogens with one attached hydrogen (secondary N) is 1. The standard InChI is InChI=1S/C12H9BrN2O3/c13-7-3-1-2-6-5-15(12(18)10(6)7)8-4-9(16)14-11(8)17/h1-3,8H,4-5H2,(H,14,16,17). The van der Waals surface area contributed by atoms with Gasteiger partial charge in [-0.25, -0.2) is 0 Å². The van der Waals surface area contributed by atoms with E-state index in [9.17, 15) is 14.4 Å². The number of hydrogen-bond acceptors (Lipinski definition) is 3. The van der Waals surface area contributed by atoms with Gasteiger partial charge in [0, 0.05) is 11.0 Å². The normalized spacial score (nSPS) is 22.4. The van der Waals surface area contributed by atoms with E-state index in [1.165, 1.54) is 4.90 Å². The molecule has 0 aliphatic carbocycles. The zero-order chi connectivity index (χ0) is 12.9. The lowest BCUT2D eigenvalue weighted by Crippen LogP contribution is -2.40. The van der Waals surface area contributed by atoms with E-state index in [2.05, 4.69) is 21.2 Å². The van der Waals surface area contributed by atoms with Crippen LogP contribution in [0.5, 0.6) is 0 Å². The van der Waals surface area contributed by atoms with Crippen LogP contribution in [-0.2, 0) is 16.1 Å². The fraction of sp³-hybridized carbons (Fsp3) is 0.250. The molecule has 2 heterocycles. The maximum absolute atomic E-state index is 12.3. The fourth-order valence-electron chi connectivity index (χ4n) is 2.38. The van der Waals surface area contributed by atoms with E-state index in [0.29, 0.717) is 12.1 Å². The van der Waals surface area contributed by atoms with Crippen molar-refractivity contribution in [3.63, 3.8) is 0 Å². The molecule has 1 fully saturated rings. The first-order chi connectivity index (χ1) is 8.58. The summed E-state index contributed by atoms with van der Waals surface area (Å²) in [4.78, 5) is 36.5. The van der Waals surface area contributed by atoms with E-state index in [1.54, 1.807) is 6.07 Å². The van der Waals surface area contributed by atoms with Crippen LogP contribution in [0.3, 0.4) is 0 Å². The van der Waals surface area contributed by atoms with Gasteiger partial charge in [-0.2, -0.15) is 0 Å². The third kappa shape index (κ3) is 1.56. The van der Waals surface area contributed by atoms with E-state index in [1.807, 2.05) is 12.1 Å². The van der Waals surface area contributed by atoms with Gasteiger partial charge in [0.15, 0.2) is 0 Å². The van der Waals surface area contributed by atoms with Gasteiger partial charge in [0.1, 0.15) is 6.04 Å². The molecule has 3 rings (SSSR count). The number of amides is 3. The van der Waals surface area contributed by atoms with E-state index in [0.717, 1.165) is 10.0 Å². The molecule has 5 nitrogen and oxygen atoms in total. The average molecular weight is 309 g/mol. The molecular weight excluding hydrogens is 300 g/mol. The summed E-state index contributed by atoms with van der Waals surface area (Å²) in [6, 6.07) is 4.82. The summed E-state index contributed by atoms with van der Waals surface area (Å²) in [6.45, 7) is 0.374. The highest BCUT2D eigenvalue weighted by Gasteiger charge is 2.42. The van der Waals surface area contributed by atoms with Crippen molar-refractivity contribution < 1.29 is 14.4 Å². The quantitative estimate of drug-likeness (QED) is 0.781. The van der Waals surface area contributed by atoms with Gasteiger partial charge in [0.25, 0.3) is 5.91 Å². The Labute approximate surface area is 111 Å². The third-order valence-electron chi connectivity index (χ3n) is 3.24. The number of imide groups is 1. The first kappa shape index (κ1) is 11.4. The minimum atomic E-state index is -0.677. The average Bonchev–Trinajstić information content (AvgIpc) is 2.80. The van der Waals surface area contributed by atoms with Crippen molar-refractivity contribution in [2.75, 3.05) is 0 Å². The van der Waals surface area contributed by atoms with Gasteiger partial charge in [0.05, 0.1) is 12.0 Å². The molecule has 0 spiro atoms. The van der Waals surface area contributed by atoms with Gasteiger partial charge >= 0.3 is 0 Å². The van der Waals surface area contributed by atoms with E-state index >= 15 is 0 Å². The van der Waals surface area contributed by atoms with Crippen LogP contribution in [0.4, 0.5) is 0 Å². The van der Waals surface area contributed by atoms with Gasteiger partial charge in [-0.3, -0.25) is 19.7 Å². The first-order valence-corrected chi connectivity index (χ1v) is 6.29. The van der Waals surface area contributed by atoms with Crippen molar-refractivity contribution in [3.05, 3.63) is 33.8 Å². The van der Waals surface area contributed by atoms with Crippen molar-refractivity contribution in [1.82, 2.24) is 10.2 Å². The van der Waals surface area contributed by atoms with Crippen molar-refractivity contribution in [1.29, 1.82) is 0 Å². The second-order valence-corrected chi connectivity index (χ2v) is 5.19. The van der Waals surface area contributed by atoms with E-state index in [-0.39, 0.29) is 18.2 Å². The highest BCUT2D eigenvalue weighted by Crippen LogP contribution is 2.31. The molecule has 18 heavy (non-hydrogen) atoms. The molecule has 0 radical (unpaired) electrons. The molecule has 0 aromatic heterocycles. The Bertz CT molecular complexity index is 585. The molecule has 0 saturated carbocycles. The third-order valence-corrected chi connectivity index (χ3v) is 3.90. The SMILES string of the molecule is O=C1CC(N2Cc3cccc(Br)c3C2=O)C(=O)N1. The number of nitrogens with zero attached hydrogens (tertiary/aromatic N) is 1. The largest absolute Gasteiger partial charge is 0.322 e. The van der Waals surface area contributed by atoms with Crippen molar-refractivity contribution in [3.8, 4) is 0 Å². The molecule has 0 bridgehead atoms. The molecule has 1 unspecified atom stereocenters. The predicted octanol–water partition coefficient (Wildman–Crippen LogP) is 0.820. The number of carbonyl (C=O) groups is 3. The van der Waals surface area contributed by atoms with Gasteiger partial charge in [0.2, 0.25) is 11.8 Å². The maximum Gasteiger partial charge on any atom is 0.256 e. The summed E-state index contributed by atoms with van der Waals surface area (Å²) in [7, 11) is 0. The molecule has 1 N–H and O–H groups in total. The zero-order valence-electron chi connectivity index (χ0n) is 9.27. The molecule has 2 aliphatic heterocycles. The van der Waals surface area contributed by atoms with Gasteiger partial charge in [-0.15, -0.1) is 0 Å². The molecule has 6 heteroatoms. The highest BCUT2D eigenvalue weighted by molar-refractivity contribution is 9.10. The predicted molar refractivity (Wildman–Crippen MR) is 65.6 cm³/mol. The Balaban J connectivity index is 1.96. The summed E-state index contributed by atoms with van der Waals surface area (Å²) in [6.07, 6.45) is 0.0518. The number of fused-ring (bicyclic) bond motifs is 1. The van der Waals surface area contributed by atoms with Gasteiger partial charge in [-0.1, -0.05) is 12.1 Å². The summed E-state index contributed by atoms with van der Waals surface area (Å²) in [5, 5.41) is 2.22. The number of rotatable bonds is 1. The Kier molecular flexibility index (Phi) is 2.48. The summed E-state index contributed by atoms with van der Waals surface area (Å²) in [5.74, 6) is -0.919. The van der Waals surface area contributed by atoms with Crippen LogP contribution in [0.1, 0.15) is 22.3 Å². The second-order valence-electron chi connectivity index (χ2n) is 4.34. The minimum Gasteiger partial charge on any atom is -0.322 e. The van der Waals surface area contributed by atoms with Crippen LogP contribution >= 0.6 is 15.9 Å². The van der Waals surface area contributed by atoms with Crippen LogP contribution in [0.2, 0.25) is 0 Å². The Morgan fingerprint density at radius 2 is 2.06 bits per heavy atom. The lowest BCUT2D eigenvalue weighted by atomic mass is 10.1. The number of hydrogen-bond donors (Lipinski definition) is 1. The smallest absolute Gasteiger partial charge is 0.256 e. The van der Waals surface area contributed by atoms with E-state index < -0.39 is 11.9 Å². The maximum atomic E-state index is 12.3. The Morgan fingerprint density at radius 1 is 1.28 bits per heavy atom. The van der Waals surface area contributed by atoms with Gasteiger partial charge in [-0.05, 0) is 27.6 Å². The highest BCUT2D eigenvalue weighted by atomic mass is 79.9. The van der Waals surface area contributed by atoms with Crippen LogP contribution in [0.25, 0.3) is 0 Å². The molecular formula is C12H9BrN2O3. The number of carbonyl (C=O) groups excluding carboxylic acids is 3. The first-order valence-electron chi connectivity index (χ1n) is 5.50. The molecule has 1 saturated heterocycles. The number of halogens is 1. The van der Waals surface area contributed by atoms with Crippen LogP contribution in [0, 0.1) is 0 Å². The van der Waals surface area contributed by atoms with Crippen LogP contribution < -0.4 is 5.32 Å². The van der Waals surface area contributed by atoms with E-state index in [4.69, 9.17) is 0 Å². The minimum absolute atomic E-state index is 0.0518. The van der Waals surface area contributed by atoms with Gasteiger partial charge < -0.3 is 4.90 Å². The van der Waals surface area contributed by atoms with Crippen molar-refractivity contribution >= 4 is 33.7 Å². The Hall–Kier alpha value is -1.69. The topological polar surface area (TPSA) is 66.5 Å². The summed E-state index contributed by atoms with van der Waals surface area (Å²) >= 11 is 3.34. The molecule has 1 atom stereocenters. The Morgan fingerprint density at radius 3 is 2.67 bits per heavy atom. The molecule has 1 aromatic rings. The van der Waals surface area contributed by atoms with Crippen molar-refractivity contribution in [2.45, 2.75) is 19.0 Å². The lowest BCUT2D eigenvalue weighted by molar-refractivity contribution is -0.126. The molecule has 3 amide bonds. The molecule has 2 aliphatic rings. The van der Waals surface area contributed by atoms with Crippen LogP contribution in [0.15, 0.2) is 22.7 Å². The van der Waals surface area contributed by atoms with Crippen LogP contribution in [-0.4, -0.2) is 28.7 Å². The summed E-state index contributed by atoms with van der Waals surface area (Å²) < 4.78 is 0.720. The zero-order valence-corrected chi connectivity index (χ0v) is 10.9. The molecule has 1 aromatic carbocycles. The fourth-order valence-corrected chi connectivity index (χ4v) is 2.96.